The fraction of sp³-hybridized carbons (Fsp3) is 0.350. The zero-order chi connectivity index (χ0) is 20.9. The number of nitrogens with zero attached hydrogens (tertiary/aromatic N) is 3. The van der Waals surface area contributed by atoms with Gasteiger partial charge in [-0.3, -0.25) is 4.79 Å². The van der Waals surface area contributed by atoms with Gasteiger partial charge in [0, 0.05) is 31.6 Å². The molecule has 0 atom stereocenters. The lowest BCUT2D eigenvalue weighted by Gasteiger charge is -2.14. The van der Waals surface area contributed by atoms with Gasteiger partial charge in [-0.25, -0.2) is 0 Å². The molecule has 0 bridgehead atoms. The molecule has 4 rings (SSSR count). The largest absolute Gasteiger partial charge is 0.496 e. The number of hydrogen-bond donors (Lipinski definition) is 1. The Balaban J connectivity index is 1.36. The smallest absolute Gasteiger partial charge is 0.230 e. The van der Waals surface area contributed by atoms with Crippen molar-refractivity contribution in [3.05, 3.63) is 36.1 Å². The fourth-order valence-electron chi connectivity index (χ4n) is 3.00. The maximum absolute atomic E-state index is 12.4. The number of carbonyl (C=O) groups is 1. The number of benzene rings is 1. The first kappa shape index (κ1) is 20.1. The number of rotatable bonds is 7. The molecule has 1 N–H and O–H groups in total. The van der Waals surface area contributed by atoms with Crippen LogP contribution in [0, 0.1) is 0 Å². The predicted octanol–water partition coefficient (Wildman–Crippen LogP) is 2.65. The van der Waals surface area contributed by atoms with E-state index in [0.29, 0.717) is 53.7 Å². The van der Waals surface area contributed by atoms with E-state index in [0.717, 1.165) is 12.0 Å². The van der Waals surface area contributed by atoms with Gasteiger partial charge in [0.25, 0.3) is 0 Å². The van der Waals surface area contributed by atoms with Crippen LogP contribution in [0.25, 0.3) is 11.6 Å². The molecule has 0 fully saturated rings. The Morgan fingerprint density at radius 1 is 1.27 bits per heavy atom. The first-order valence-corrected chi connectivity index (χ1v) is 10.4. The van der Waals surface area contributed by atoms with Gasteiger partial charge in [0.1, 0.15) is 5.75 Å². The van der Waals surface area contributed by atoms with Crippen LogP contribution in [0.15, 0.2) is 40.1 Å². The maximum Gasteiger partial charge on any atom is 0.230 e. The maximum atomic E-state index is 12.4. The molecule has 0 saturated heterocycles. The van der Waals surface area contributed by atoms with E-state index in [9.17, 15) is 4.79 Å². The molecule has 3 aromatic rings. The highest BCUT2D eigenvalue weighted by Crippen LogP contribution is 2.36. The molecule has 158 valence electrons. The number of fused-ring (bicyclic) bond motifs is 1. The topological polar surface area (TPSA) is 101 Å². The Bertz CT molecular complexity index is 1020. The normalized spacial score (nSPS) is 13.0. The number of thioether (sulfide) groups is 1. The van der Waals surface area contributed by atoms with Gasteiger partial charge < -0.3 is 28.5 Å². The van der Waals surface area contributed by atoms with Crippen LogP contribution < -0.4 is 19.5 Å². The summed E-state index contributed by atoms with van der Waals surface area (Å²) in [5, 5.41) is 11.8. The first-order valence-electron chi connectivity index (χ1n) is 9.45. The highest BCUT2D eigenvalue weighted by atomic mass is 32.2. The molecule has 0 saturated carbocycles. The van der Waals surface area contributed by atoms with Gasteiger partial charge in [-0.05, 0) is 18.2 Å². The van der Waals surface area contributed by atoms with Gasteiger partial charge in [0.2, 0.25) is 5.91 Å². The van der Waals surface area contributed by atoms with E-state index >= 15 is 0 Å². The van der Waals surface area contributed by atoms with E-state index in [1.165, 1.54) is 11.8 Å². The molecule has 3 heterocycles. The second kappa shape index (κ2) is 9.12. The SMILES string of the molecule is COc1cc2c(cc1CNC(=O)CSc1nnc(-c3ccco3)n1C)OCCCO2. The molecule has 0 spiro atoms. The van der Waals surface area contributed by atoms with Crippen molar-refractivity contribution in [1.29, 1.82) is 0 Å². The minimum Gasteiger partial charge on any atom is -0.496 e. The zero-order valence-corrected chi connectivity index (χ0v) is 17.5. The van der Waals surface area contributed by atoms with Gasteiger partial charge in [0.15, 0.2) is 28.2 Å². The molecule has 2 aromatic heterocycles. The lowest BCUT2D eigenvalue weighted by molar-refractivity contribution is -0.118. The molecule has 1 aliphatic heterocycles. The summed E-state index contributed by atoms with van der Waals surface area (Å²) in [5.74, 6) is 3.28. The summed E-state index contributed by atoms with van der Waals surface area (Å²) in [6.45, 7) is 1.52. The van der Waals surface area contributed by atoms with E-state index in [4.69, 9.17) is 18.6 Å². The quantitative estimate of drug-likeness (QED) is 0.571. The molecule has 0 aliphatic carbocycles. The second-order valence-electron chi connectivity index (χ2n) is 6.57. The van der Waals surface area contributed by atoms with E-state index in [-0.39, 0.29) is 11.7 Å². The van der Waals surface area contributed by atoms with Gasteiger partial charge >= 0.3 is 0 Å². The summed E-state index contributed by atoms with van der Waals surface area (Å²) in [5.41, 5.74) is 0.818. The minimum atomic E-state index is -0.128. The summed E-state index contributed by atoms with van der Waals surface area (Å²) >= 11 is 1.30. The van der Waals surface area contributed by atoms with Gasteiger partial charge in [-0.15, -0.1) is 10.2 Å². The number of aromatic nitrogens is 3. The third-order valence-corrected chi connectivity index (χ3v) is 5.56. The highest BCUT2D eigenvalue weighted by molar-refractivity contribution is 7.99. The van der Waals surface area contributed by atoms with Crippen LogP contribution in [0.1, 0.15) is 12.0 Å². The molecule has 1 aliphatic rings. The Morgan fingerprint density at radius 3 is 2.80 bits per heavy atom. The molecule has 10 heteroatoms. The van der Waals surface area contributed by atoms with Crippen molar-refractivity contribution >= 4 is 17.7 Å². The number of ether oxygens (including phenoxy) is 3. The zero-order valence-electron chi connectivity index (χ0n) is 16.7. The van der Waals surface area contributed by atoms with Crippen LogP contribution in [0.2, 0.25) is 0 Å². The lowest BCUT2D eigenvalue weighted by atomic mass is 10.1. The number of methoxy groups -OCH3 is 1. The Kier molecular flexibility index (Phi) is 6.12. The Labute approximate surface area is 177 Å². The van der Waals surface area contributed by atoms with Gasteiger partial charge in [-0.1, -0.05) is 11.8 Å². The van der Waals surface area contributed by atoms with Crippen molar-refractivity contribution in [2.75, 3.05) is 26.1 Å². The number of amides is 1. The van der Waals surface area contributed by atoms with Gasteiger partial charge in [-0.2, -0.15) is 0 Å². The average molecular weight is 430 g/mol. The molecular formula is C20H22N4O5S. The monoisotopic (exact) mass is 430 g/mol. The van der Waals surface area contributed by atoms with Crippen molar-refractivity contribution in [2.24, 2.45) is 7.05 Å². The number of furan rings is 1. The van der Waals surface area contributed by atoms with E-state index in [2.05, 4.69) is 15.5 Å². The van der Waals surface area contributed by atoms with Crippen LogP contribution in [0.4, 0.5) is 0 Å². The average Bonchev–Trinajstić information content (AvgIpc) is 3.34. The predicted molar refractivity (Wildman–Crippen MR) is 110 cm³/mol. The van der Waals surface area contributed by atoms with E-state index in [1.54, 1.807) is 30.1 Å². The van der Waals surface area contributed by atoms with Crippen LogP contribution in [0.3, 0.4) is 0 Å². The molecule has 9 nitrogen and oxygen atoms in total. The molecule has 1 amide bonds. The fourth-order valence-corrected chi connectivity index (χ4v) is 3.74. The summed E-state index contributed by atoms with van der Waals surface area (Å²) < 4.78 is 24.0. The third-order valence-electron chi connectivity index (χ3n) is 4.54. The minimum absolute atomic E-state index is 0.128. The summed E-state index contributed by atoms with van der Waals surface area (Å²) in [6.07, 6.45) is 2.40. The third kappa shape index (κ3) is 4.38. The van der Waals surface area contributed by atoms with Crippen LogP contribution in [-0.2, 0) is 18.4 Å². The second-order valence-corrected chi connectivity index (χ2v) is 7.51. The molecule has 30 heavy (non-hydrogen) atoms. The van der Waals surface area contributed by atoms with Crippen LogP contribution in [0.5, 0.6) is 17.2 Å². The van der Waals surface area contributed by atoms with Crippen LogP contribution in [-0.4, -0.2) is 46.7 Å². The number of nitrogens with one attached hydrogen (secondary N) is 1. The van der Waals surface area contributed by atoms with Crippen LogP contribution >= 0.6 is 11.8 Å². The van der Waals surface area contributed by atoms with Crippen molar-refractivity contribution in [2.45, 2.75) is 18.1 Å². The van der Waals surface area contributed by atoms with Gasteiger partial charge in [0.05, 0.1) is 32.3 Å². The van der Waals surface area contributed by atoms with Crippen molar-refractivity contribution in [3.63, 3.8) is 0 Å². The molecular weight excluding hydrogens is 408 g/mol. The van der Waals surface area contributed by atoms with E-state index < -0.39 is 0 Å². The molecule has 0 unspecified atom stereocenters. The summed E-state index contributed by atoms with van der Waals surface area (Å²) in [7, 11) is 3.42. The summed E-state index contributed by atoms with van der Waals surface area (Å²) in [6, 6.07) is 7.25. The highest BCUT2D eigenvalue weighted by Gasteiger charge is 2.17. The van der Waals surface area contributed by atoms with Crippen molar-refractivity contribution in [1.82, 2.24) is 20.1 Å². The Morgan fingerprint density at radius 2 is 2.07 bits per heavy atom. The standard InChI is InChI=1S/C20H22N4O5S/c1-24-19(14-5-3-6-27-14)22-23-20(24)30-12-18(25)21-11-13-9-16-17(10-15(13)26-2)29-8-4-7-28-16/h3,5-6,9-10H,4,7-8,11-12H2,1-2H3,(H,21,25). The van der Waals surface area contributed by atoms with Crippen molar-refractivity contribution in [3.8, 4) is 28.8 Å². The molecule has 1 aromatic carbocycles. The summed E-state index contributed by atoms with van der Waals surface area (Å²) in [4.78, 5) is 12.4. The number of carbonyl (C=O) groups excluding carboxylic acids is 1. The first-order chi connectivity index (χ1) is 14.7. The van der Waals surface area contributed by atoms with Crippen molar-refractivity contribution < 1.29 is 23.4 Å². The van der Waals surface area contributed by atoms with E-state index in [1.807, 2.05) is 19.2 Å². The Hall–Kier alpha value is -3.14. The lowest BCUT2D eigenvalue weighted by Crippen LogP contribution is -2.25. The molecule has 0 radical (unpaired) electrons. The number of hydrogen-bond acceptors (Lipinski definition) is 8.